The standard InChI is InChI=1S/C14H12N2O2/c1-11-2-6-13(7-3-11)15-10-12-4-8-14(9-5-12)16(17)18/h2-10H,1H3/b15-10+. The molecule has 0 saturated carbocycles. The van der Waals surface area contributed by atoms with Gasteiger partial charge >= 0.3 is 0 Å². The third-order valence-electron chi connectivity index (χ3n) is 2.50. The van der Waals surface area contributed by atoms with Crippen molar-refractivity contribution in [1.29, 1.82) is 0 Å². The van der Waals surface area contributed by atoms with Crippen LogP contribution in [0.4, 0.5) is 11.4 Å². The summed E-state index contributed by atoms with van der Waals surface area (Å²) >= 11 is 0. The summed E-state index contributed by atoms with van der Waals surface area (Å²) in [5, 5.41) is 10.5. The Labute approximate surface area is 105 Å². The maximum absolute atomic E-state index is 10.5. The molecule has 0 radical (unpaired) electrons. The van der Waals surface area contributed by atoms with E-state index in [0.717, 1.165) is 11.3 Å². The van der Waals surface area contributed by atoms with Crippen LogP contribution in [0.15, 0.2) is 53.5 Å². The first-order valence-corrected chi connectivity index (χ1v) is 5.50. The maximum atomic E-state index is 10.5. The van der Waals surface area contributed by atoms with Gasteiger partial charge in [-0.2, -0.15) is 0 Å². The lowest BCUT2D eigenvalue weighted by Gasteiger charge is -1.95. The van der Waals surface area contributed by atoms with Crippen LogP contribution in [0.3, 0.4) is 0 Å². The highest BCUT2D eigenvalue weighted by molar-refractivity contribution is 5.82. The Bertz CT molecular complexity index is 572. The fourth-order valence-electron chi connectivity index (χ4n) is 1.46. The van der Waals surface area contributed by atoms with Gasteiger partial charge in [0.05, 0.1) is 10.6 Å². The Morgan fingerprint density at radius 3 is 2.22 bits per heavy atom. The van der Waals surface area contributed by atoms with Gasteiger partial charge < -0.3 is 0 Å². The predicted molar refractivity (Wildman–Crippen MR) is 71.5 cm³/mol. The molecule has 0 aliphatic carbocycles. The van der Waals surface area contributed by atoms with Crippen LogP contribution in [-0.2, 0) is 0 Å². The molecule has 0 N–H and O–H groups in total. The lowest BCUT2D eigenvalue weighted by atomic mass is 10.2. The van der Waals surface area contributed by atoms with Crippen molar-refractivity contribution in [2.45, 2.75) is 6.92 Å². The average Bonchev–Trinajstić information content (AvgIpc) is 2.38. The zero-order valence-corrected chi connectivity index (χ0v) is 9.91. The molecule has 4 nitrogen and oxygen atoms in total. The lowest BCUT2D eigenvalue weighted by molar-refractivity contribution is -0.384. The zero-order valence-electron chi connectivity index (χ0n) is 9.91. The number of nitrogens with zero attached hydrogens (tertiary/aromatic N) is 2. The van der Waals surface area contributed by atoms with Crippen LogP contribution in [0.5, 0.6) is 0 Å². The average molecular weight is 240 g/mol. The number of rotatable bonds is 3. The molecule has 2 aromatic carbocycles. The van der Waals surface area contributed by atoms with Gasteiger partial charge in [0.1, 0.15) is 0 Å². The molecular formula is C14H12N2O2. The number of hydrogen-bond donors (Lipinski definition) is 0. The summed E-state index contributed by atoms with van der Waals surface area (Å²) in [6, 6.07) is 14.1. The Hall–Kier alpha value is -2.49. The molecule has 0 aliphatic heterocycles. The van der Waals surface area contributed by atoms with E-state index in [9.17, 15) is 10.1 Å². The van der Waals surface area contributed by atoms with Gasteiger partial charge in [0.25, 0.3) is 5.69 Å². The van der Waals surface area contributed by atoms with E-state index < -0.39 is 4.92 Å². The van der Waals surface area contributed by atoms with Crippen molar-refractivity contribution in [3.63, 3.8) is 0 Å². The van der Waals surface area contributed by atoms with Gasteiger partial charge in [-0.3, -0.25) is 15.1 Å². The number of hydrogen-bond acceptors (Lipinski definition) is 3. The van der Waals surface area contributed by atoms with Crippen molar-refractivity contribution in [1.82, 2.24) is 0 Å². The topological polar surface area (TPSA) is 55.5 Å². The van der Waals surface area contributed by atoms with E-state index in [1.165, 1.54) is 17.7 Å². The number of benzene rings is 2. The summed E-state index contributed by atoms with van der Waals surface area (Å²) in [6.07, 6.45) is 1.69. The molecule has 2 rings (SSSR count). The summed E-state index contributed by atoms with van der Waals surface area (Å²) < 4.78 is 0. The van der Waals surface area contributed by atoms with Crippen molar-refractivity contribution in [2.24, 2.45) is 4.99 Å². The van der Waals surface area contributed by atoms with E-state index >= 15 is 0 Å². The monoisotopic (exact) mass is 240 g/mol. The second-order valence-corrected chi connectivity index (χ2v) is 3.94. The van der Waals surface area contributed by atoms with Gasteiger partial charge in [-0.05, 0) is 36.8 Å². The highest BCUT2D eigenvalue weighted by atomic mass is 16.6. The third-order valence-corrected chi connectivity index (χ3v) is 2.50. The first-order valence-electron chi connectivity index (χ1n) is 5.50. The number of aliphatic imine (C=N–C) groups is 1. The van der Waals surface area contributed by atoms with E-state index in [1.54, 1.807) is 18.3 Å². The minimum Gasteiger partial charge on any atom is -0.258 e. The Morgan fingerprint density at radius 2 is 1.67 bits per heavy atom. The molecule has 0 saturated heterocycles. The smallest absolute Gasteiger partial charge is 0.258 e. The molecule has 0 amide bonds. The largest absolute Gasteiger partial charge is 0.269 e. The van der Waals surface area contributed by atoms with Crippen LogP contribution >= 0.6 is 0 Å². The molecule has 4 heteroatoms. The Balaban J connectivity index is 2.13. The highest BCUT2D eigenvalue weighted by Gasteiger charge is 2.02. The van der Waals surface area contributed by atoms with Crippen LogP contribution in [0.25, 0.3) is 0 Å². The molecule has 0 fully saturated rings. The van der Waals surface area contributed by atoms with Gasteiger partial charge in [-0.1, -0.05) is 17.7 Å². The van der Waals surface area contributed by atoms with Crippen LogP contribution in [0.1, 0.15) is 11.1 Å². The first-order chi connectivity index (χ1) is 8.65. The number of aryl methyl sites for hydroxylation is 1. The zero-order chi connectivity index (χ0) is 13.0. The van der Waals surface area contributed by atoms with Crippen molar-refractivity contribution >= 4 is 17.6 Å². The molecule has 0 spiro atoms. The normalized spacial score (nSPS) is 10.7. The highest BCUT2D eigenvalue weighted by Crippen LogP contribution is 2.14. The SMILES string of the molecule is Cc1ccc(/N=C/c2ccc([N+](=O)[O-])cc2)cc1. The van der Waals surface area contributed by atoms with Gasteiger partial charge in [-0.25, -0.2) is 0 Å². The molecule has 2 aromatic rings. The number of non-ortho nitro benzene ring substituents is 1. The summed E-state index contributed by atoms with van der Waals surface area (Å²) in [7, 11) is 0. The molecule has 0 aromatic heterocycles. The Morgan fingerprint density at radius 1 is 1.06 bits per heavy atom. The summed E-state index contributed by atoms with van der Waals surface area (Å²) in [4.78, 5) is 14.4. The minimum atomic E-state index is -0.416. The molecule has 0 unspecified atom stereocenters. The second kappa shape index (κ2) is 5.23. The fourth-order valence-corrected chi connectivity index (χ4v) is 1.46. The van der Waals surface area contributed by atoms with Crippen molar-refractivity contribution < 1.29 is 4.92 Å². The minimum absolute atomic E-state index is 0.0856. The van der Waals surface area contributed by atoms with Crippen LogP contribution in [0, 0.1) is 17.0 Å². The quantitative estimate of drug-likeness (QED) is 0.467. The predicted octanol–water partition coefficient (Wildman–Crippen LogP) is 3.65. The Kier molecular flexibility index (Phi) is 3.48. The van der Waals surface area contributed by atoms with Crippen LogP contribution in [0.2, 0.25) is 0 Å². The van der Waals surface area contributed by atoms with Gasteiger partial charge in [0, 0.05) is 18.3 Å². The maximum Gasteiger partial charge on any atom is 0.269 e. The second-order valence-electron chi connectivity index (χ2n) is 3.94. The molecule has 18 heavy (non-hydrogen) atoms. The molecule has 0 aliphatic rings. The van der Waals surface area contributed by atoms with Gasteiger partial charge in [-0.15, -0.1) is 0 Å². The molecule has 0 atom stereocenters. The lowest BCUT2D eigenvalue weighted by Crippen LogP contribution is -1.88. The van der Waals surface area contributed by atoms with E-state index in [2.05, 4.69) is 4.99 Å². The summed E-state index contributed by atoms with van der Waals surface area (Å²) in [5.74, 6) is 0. The van der Waals surface area contributed by atoms with E-state index in [-0.39, 0.29) is 5.69 Å². The van der Waals surface area contributed by atoms with Crippen molar-refractivity contribution in [3.8, 4) is 0 Å². The summed E-state index contributed by atoms with van der Waals surface area (Å²) in [5.41, 5.74) is 2.96. The third kappa shape index (κ3) is 3.01. The molecular weight excluding hydrogens is 228 g/mol. The molecule has 0 heterocycles. The molecule has 90 valence electrons. The number of nitro benzene ring substituents is 1. The van der Waals surface area contributed by atoms with Gasteiger partial charge in [0.2, 0.25) is 0 Å². The van der Waals surface area contributed by atoms with Gasteiger partial charge in [0.15, 0.2) is 0 Å². The fraction of sp³-hybridized carbons (Fsp3) is 0.0714. The van der Waals surface area contributed by atoms with E-state index in [4.69, 9.17) is 0 Å². The first kappa shape index (κ1) is 12.0. The summed E-state index contributed by atoms with van der Waals surface area (Å²) in [6.45, 7) is 2.02. The van der Waals surface area contributed by atoms with Crippen LogP contribution < -0.4 is 0 Å². The van der Waals surface area contributed by atoms with Crippen molar-refractivity contribution in [2.75, 3.05) is 0 Å². The molecule has 0 bridgehead atoms. The van der Waals surface area contributed by atoms with E-state index in [0.29, 0.717) is 0 Å². The van der Waals surface area contributed by atoms with Crippen molar-refractivity contribution in [3.05, 3.63) is 69.8 Å². The van der Waals surface area contributed by atoms with Crippen LogP contribution in [-0.4, -0.2) is 11.1 Å². The van der Waals surface area contributed by atoms with E-state index in [1.807, 2.05) is 31.2 Å². The number of nitro groups is 1.